The Labute approximate surface area is 93.9 Å². The molecule has 0 bridgehead atoms. The van der Waals surface area contributed by atoms with Gasteiger partial charge in [0.2, 0.25) is 0 Å². The van der Waals surface area contributed by atoms with Crippen LogP contribution in [0.5, 0.6) is 0 Å². The summed E-state index contributed by atoms with van der Waals surface area (Å²) in [4.78, 5) is 0. The maximum absolute atomic E-state index is 2.42. The van der Waals surface area contributed by atoms with E-state index in [9.17, 15) is 0 Å². The first-order valence-electron chi connectivity index (χ1n) is 5.03. The Balaban J connectivity index is 2.28. The quantitative estimate of drug-likeness (QED) is 0.677. The molecule has 13 heavy (non-hydrogen) atoms. The van der Waals surface area contributed by atoms with Crippen molar-refractivity contribution in [2.24, 2.45) is 0 Å². The molecular weight excluding hydrogens is 271 g/mol. The fourth-order valence-electron chi connectivity index (χ4n) is 2.26. The lowest BCUT2D eigenvalue weighted by Gasteiger charge is -2.10. The largest absolute Gasteiger partial charge is 0.0557 e. The maximum Gasteiger partial charge on any atom is 0.0135 e. The van der Waals surface area contributed by atoms with Crippen LogP contribution < -0.4 is 0 Å². The molecule has 0 amide bonds. The van der Waals surface area contributed by atoms with Gasteiger partial charge in [0.15, 0.2) is 0 Å². The Hall–Kier alpha value is -0.0500. The fourth-order valence-corrected chi connectivity index (χ4v) is 3.11. The maximum atomic E-state index is 2.42. The molecule has 1 aromatic rings. The average Bonchev–Trinajstić information content (AvgIpc) is 2.53. The Morgan fingerprint density at radius 3 is 2.46 bits per heavy atom. The van der Waals surface area contributed by atoms with Crippen molar-refractivity contribution in [2.75, 3.05) is 0 Å². The molecule has 0 unspecified atom stereocenters. The van der Waals surface area contributed by atoms with Crippen LogP contribution in [-0.4, -0.2) is 0 Å². The molecule has 1 heteroatoms. The van der Waals surface area contributed by atoms with E-state index in [1.807, 2.05) is 0 Å². The Morgan fingerprint density at radius 1 is 1.15 bits per heavy atom. The predicted octanol–water partition coefficient (Wildman–Crippen LogP) is 4.26. The van der Waals surface area contributed by atoms with E-state index in [4.69, 9.17) is 0 Å². The highest BCUT2D eigenvalue weighted by atomic mass is 127. The molecule has 0 N–H and O–H groups in total. The minimum absolute atomic E-state index is 0.855. The van der Waals surface area contributed by atoms with Crippen molar-refractivity contribution in [1.82, 2.24) is 0 Å². The van der Waals surface area contributed by atoms with E-state index in [0.29, 0.717) is 0 Å². The molecule has 1 aliphatic rings. The minimum atomic E-state index is 0.855. The molecule has 1 fully saturated rings. The molecule has 1 aromatic carbocycles. The van der Waals surface area contributed by atoms with E-state index in [2.05, 4.69) is 47.7 Å². The van der Waals surface area contributed by atoms with Crippen molar-refractivity contribution < 1.29 is 0 Å². The van der Waals surface area contributed by atoms with Crippen LogP contribution in [0.15, 0.2) is 18.2 Å². The van der Waals surface area contributed by atoms with Gasteiger partial charge in [-0.05, 0) is 71.5 Å². The molecule has 70 valence electrons. The third-order valence-corrected chi connectivity index (χ3v) is 3.51. The van der Waals surface area contributed by atoms with Gasteiger partial charge < -0.3 is 0 Å². The molecule has 0 nitrogen and oxygen atoms in total. The van der Waals surface area contributed by atoms with Gasteiger partial charge in [0, 0.05) is 3.57 Å². The van der Waals surface area contributed by atoms with Gasteiger partial charge in [-0.15, -0.1) is 0 Å². The summed E-state index contributed by atoms with van der Waals surface area (Å²) in [5.41, 5.74) is 2.98. The van der Waals surface area contributed by atoms with Gasteiger partial charge in [0.05, 0.1) is 0 Å². The predicted molar refractivity (Wildman–Crippen MR) is 65.1 cm³/mol. The Bertz CT molecular complexity index is 278. The van der Waals surface area contributed by atoms with E-state index in [-0.39, 0.29) is 0 Å². The second-order valence-electron chi connectivity index (χ2n) is 4.04. The first-order valence-corrected chi connectivity index (χ1v) is 6.10. The van der Waals surface area contributed by atoms with Gasteiger partial charge in [0.25, 0.3) is 0 Å². The third kappa shape index (κ3) is 2.25. The first-order chi connectivity index (χ1) is 6.25. The zero-order chi connectivity index (χ0) is 9.26. The summed E-state index contributed by atoms with van der Waals surface area (Å²) >= 11 is 2.42. The lowest BCUT2D eigenvalue weighted by molar-refractivity contribution is 0.722. The molecular formula is C12H15I. The van der Waals surface area contributed by atoms with Crippen LogP contribution in [0.2, 0.25) is 0 Å². The number of rotatable bonds is 1. The first kappa shape index (κ1) is 9.50. The number of aryl methyl sites for hydroxylation is 1. The molecule has 0 spiro atoms. The molecule has 0 heterocycles. The van der Waals surface area contributed by atoms with Crippen LogP contribution in [0.4, 0.5) is 0 Å². The Morgan fingerprint density at radius 2 is 1.85 bits per heavy atom. The van der Waals surface area contributed by atoms with Crippen molar-refractivity contribution in [3.05, 3.63) is 32.9 Å². The van der Waals surface area contributed by atoms with Crippen molar-refractivity contribution in [1.29, 1.82) is 0 Å². The van der Waals surface area contributed by atoms with Crippen molar-refractivity contribution >= 4 is 22.6 Å². The number of hydrogen-bond donors (Lipinski definition) is 0. The van der Waals surface area contributed by atoms with Gasteiger partial charge in [-0.2, -0.15) is 0 Å². The fraction of sp³-hybridized carbons (Fsp3) is 0.500. The zero-order valence-electron chi connectivity index (χ0n) is 8.02. The zero-order valence-corrected chi connectivity index (χ0v) is 10.2. The molecule has 2 rings (SSSR count). The highest BCUT2D eigenvalue weighted by Crippen LogP contribution is 2.34. The molecule has 0 aliphatic heterocycles. The van der Waals surface area contributed by atoms with Crippen LogP contribution in [0.1, 0.15) is 42.7 Å². The average molecular weight is 286 g/mol. The van der Waals surface area contributed by atoms with Gasteiger partial charge in [-0.1, -0.05) is 18.9 Å². The molecule has 1 saturated carbocycles. The van der Waals surface area contributed by atoms with Gasteiger partial charge in [0.1, 0.15) is 0 Å². The topological polar surface area (TPSA) is 0 Å². The van der Waals surface area contributed by atoms with Crippen LogP contribution in [0.3, 0.4) is 0 Å². The van der Waals surface area contributed by atoms with Gasteiger partial charge in [-0.3, -0.25) is 0 Å². The van der Waals surface area contributed by atoms with E-state index < -0.39 is 0 Å². The molecule has 0 radical (unpaired) electrons. The number of benzene rings is 1. The van der Waals surface area contributed by atoms with Crippen LogP contribution in [-0.2, 0) is 0 Å². The summed E-state index contributed by atoms with van der Waals surface area (Å²) in [7, 11) is 0. The smallest absolute Gasteiger partial charge is 0.0135 e. The second-order valence-corrected chi connectivity index (χ2v) is 5.29. The summed E-state index contributed by atoms with van der Waals surface area (Å²) in [5, 5.41) is 0. The summed E-state index contributed by atoms with van der Waals surface area (Å²) in [6.07, 6.45) is 5.66. The number of hydrogen-bond acceptors (Lipinski definition) is 0. The highest BCUT2D eigenvalue weighted by molar-refractivity contribution is 14.1. The molecule has 0 saturated heterocycles. The monoisotopic (exact) mass is 286 g/mol. The van der Waals surface area contributed by atoms with Gasteiger partial charge in [-0.25, -0.2) is 0 Å². The summed E-state index contributed by atoms with van der Waals surface area (Å²) in [5.74, 6) is 0.855. The summed E-state index contributed by atoms with van der Waals surface area (Å²) < 4.78 is 1.39. The highest BCUT2D eigenvalue weighted by Gasteiger charge is 2.17. The third-order valence-electron chi connectivity index (χ3n) is 2.89. The lowest BCUT2D eigenvalue weighted by Crippen LogP contribution is -1.93. The minimum Gasteiger partial charge on any atom is -0.0557 e. The lowest BCUT2D eigenvalue weighted by atomic mass is 9.96. The van der Waals surface area contributed by atoms with Crippen LogP contribution in [0, 0.1) is 10.5 Å². The van der Waals surface area contributed by atoms with Crippen LogP contribution in [0.25, 0.3) is 0 Å². The van der Waals surface area contributed by atoms with Gasteiger partial charge >= 0.3 is 0 Å². The summed E-state index contributed by atoms with van der Waals surface area (Å²) in [6.45, 7) is 2.20. The number of halogens is 1. The van der Waals surface area contributed by atoms with E-state index >= 15 is 0 Å². The van der Waals surface area contributed by atoms with Crippen molar-refractivity contribution in [2.45, 2.75) is 38.5 Å². The standard InChI is InChI=1S/C12H15I/c1-9-6-11(8-12(13)7-9)10-4-2-3-5-10/h6-8,10H,2-5H2,1H3. The summed E-state index contributed by atoms with van der Waals surface area (Å²) in [6, 6.07) is 6.96. The molecule has 0 aromatic heterocycles. The Kier molecular flexibility index (Phi) is 2.92. The molecule has 1 aliphatic carbocycles. The van der Waals surface area contributed by atoms with Crippen molar-refractivity contribution in [3.8, 4) is 0 Å². The molecule has 0 atom stereocenters. The SMILES string of the molecule is Cc1cc(I)cc(C2CCCC2)c1. The normalized spacial score (nSPS) is 18.0. The van der Waals surface area contributed by atoms with E-state index in [1.54, 1.807) is 5.56 Å². The second kappa shape index (κ2) is 3.99. The van der Waals surface area contributed by atoms with E-state index in [0.717, 1.165) is 5.92 Å². The van der Waals surface area contributed by atoms with E-state index in [1.165, 1.54) is 34.8 Å². The van der Waals surface area contributed by atoms with Crippen LogP contribution >= 0.6 is 22.6 Å². The van der Waals surface area contributed by atoms with Crippen molar-refractivity contribution in [3.63, 3.8) is 0 Å².